The van der Waals surface area contributed by atoms with E-state index in [2.05, 4.69) is 10.3 Å². The number of hydrogen-bond donors (Lipinski definition) is 1. The first-order valence-corrected chi connectivity index (χ1v) is 11.9. The second-order valence-electron chi connectivity index (χ2n) is 10.4. The first-order chi connectivity index (χ1) is 16.3. The molecule has 2 amide bonds. The lowest BCUT2D eigenvalue weighted by atomic mass is 9.85. The molecule has 2 aliphatic heterocycles. The molecule has 11 heteroatoms. The highest BCUT2D eigenvalue weighted by Crippen LogP contribution is 2.32. The molecule has 2 aliphatic rings. The number of fused-ring (bicyclic) bond motifs is 1. The van der Waals surface area contributed by atoms with E-state index in [-0.39, 0.29) is 17.1 Å². The summed E-state index contributed by atoms with van der Waals surface area (Å²) in [5.41, 5.74) is 0.0951. The van der Waals surface area contributed by atoms with Crippen molar-refractivity contribution in [2.24, 2.45) is 5.41 Å². The fraction of sp³-hybridized carbons (Fsp3) is 0.542. The molecule has 0 bridgehead atoms. The summed E-state index contributed by atoms with van der Waals surface area (Å²) >= 11 is 6.11. The van der Waals surface area contributed by atoms with Gasteiger partial charge in [-0.05, 0) is 43.6 Å². The minimum absolute atomic E-state index is 0.0733. The minimum atomic E-state index is -2.91. The molecule has 1 saturated heterocycles. The Kier molecular flexibility index (Phi) is 6.65. The van der Waals surface area contributed by atoms with Gasteiger partial charge in [0.25, 0.3) is 11.8 Å². The molecule has 35 heavy (non-hydrogen) atoms. The monoisotopic (exact) mass is 511 g/mol. The van der Waals surface area contributed by atoms with Gasteiger partial charge in [-0.3, -0.25) is 9.59 Å². The third-order valence-electron chi connectivity index (χ3n) is 6.34. The van der Waals surface area contributed by atoms with E-state index in [4.69, 9.17) is 11.6 Å². The van der Waals surface area contributed by atoms with Crippen LogP contribution in [0.25, 0.3) is 11.4 Å². The van der Waals surface area contributed by atoms with Gasteiger partial charge in [-0.25, -0.2) is 18.2 Å². The lowest BCUT2D eigenvalue weighted by Crippen LogP contribution is -2.64. The highest BCUT2D eigenvalue weighted by molar-refractivity contribution is 6.30. The molecule has 1 N–H and O–H groups in total. The lowest BCUT2D eigenvalue weighted by molar-refractivity contribution is -0.169. The van der Waals surface area contributed by atoms with Gasteiger partial charge in [0.15, 0.2) is 5.69 Å². The van der Waals surface area contributed by atoms with E-state index >= 15 is 0 Å². The zero-order valence-electron chi connectivity index (χ0n) is 20.2. The summed E-state index contributed by atoms with van der Waals surface area (Å²) in [5.74, 6) is -4.34. The van der Waals surface area contributed by atoms with E-state index < -0.39 is 48.1 Å². The number of nitrogens with one attached hydrogen (secondary N) is 1. The zero-order chi connectivity index (χ0) is 25.7. The van der Waals surface area contributed by atoms with Crippen LogP contribution >= 0.6 is 11.6 Å². The average molecular weight is 512 g/mol. The molecule has 1 fully saturated rings. The Balaban J connectivity index is 1.71. The number of alkyl halides is 2. The summed E-state index contributed by atoms with van der Waals surface area (Å²) in [6.45, 7) is 5.60. The molecule has 7 nitrogen and oxygen atoms in total. The van der Waals surface area contributed by atoms with Gasteiger partial charge in [0.2, 0.25) is 5.91 Å². The summed E-state index contributed by atoms with van der Waals surface area (Å²) in [4.78, 5) is 34.1. The number of benzene rings is 1. The van der Waals surface area contributed by atoms with E-state index in [1.807, 2.05) is 16.5 Å². The zero-order valence-corrected chi connectivity index (χ0v) is 20.9. The van der Waals surface area contributed by atoms with E-state index in [0.717, 1.165) is 17.9 Å². The van der Waals surface area contributed by atoms with Crippen LogP contribution in [-0.2, 0) is 17.9 Å². The number of aromatic nitrogens is 2. The molecule has 0 saturated carbocycles. The second-order valence-corrected chi connectivity index (χ2v) is 10.9. The van der Waals surface area contributed by atoms with Crippen LogP contribution in [0.15, 0.2) is 18.2 Å². The van der Waals surface area contributed by atoms with Gasteiger partial charge in [-0.2, -0.15) is 0 Å². The highest BCUT2D eigenvalue weighted by Gasteiger charge is 2.49. The van der Waals surface area contributed by atoms with Crippen molar-refractivity contribution < 1.29 is 22.8 Å². The Morgan fingerprint density at radius 3 is 2.51 bits per heavy atom. The lowest BCUT2D eigenvalue weighted by Gasteiger charge is -2.43. The van der Waals surface area contributed by atoms with Crippen LogP contribution in [0.4, 0.5) is 13.2 Å². The molecule has 3 heterocycles. The van der Waals surface area contributed by atoms with Crippen LogP contribution in [-0.4, -0.2) is 69.8 Å². The molecular weight excluding hydrogens is 483 g/mol. The number of imidazole rings is 1. The number of likely N-dealkylation sites (tertiary alicyclic amines) is 1. The van der Waals surface area contributed by atoms with E-state index in [1.54, 1.807) is 20.8 Å². The Labute approximate surface area is 207 Å². The number of carbonyl (C=O) groups is 2. The third-order valence-corrected chi connectivity index (χ3v) is 6.58. The van der Waals surface area contributed by atoms with Crippen molar-refractivity contribution in [2.75, 3.05) is 26.7 Å². The summed E-state index contributed by atoms with van der Waals surface area (Å²) in [6.07, 6.45) is 0.766. The largest absolute Gasteiger partial charge is 0.338 e. The average Bonchev–Trinajstić information content (AvgIpc) is 2.96. The molecular formula is C24H29ClF3N5O2. The first-order valence-electron chi connectivity index (χ1n) is 11.5. The third kappa shape index (κ3) is 5.18. The predicted molar refractivity (Wildman–Crippen MR) is 126 cm³/mol. The number of hydrogen-bond acceptors (Lipinski definition) is 4. The number of carbonyl (C=O) groups excluding carboxylic acids is 2. The Hall–Kier alpha value is -2.59. The van der Waals surface area contributed by atoms with E-state index in [0.29, 0.717) is 23.8 Å². The van der Waals surface area contributed by atoms with Crippen LogP contribution < -0.4 is 5.32 Å². The topological polar surface area (TPSA) is 70.5 Å². The summed E-state index contributed by atoms with van der Waals surface area (Å²) in [6, 6.07) is 3.11. The summed E-state index contributed by atoms with van der Waals surface area (Å²) in [5, 5.41) is 3.07. The smallest absolute Gasteiger partial charge is 0.282 e. The van der Waals surface area contributed by atoms with Crippen LogP contribution in [0.1, 0.15) is 43.4 Å². The van der Waals surface area contributed by atoms with Gasteiger partial charge >= 0.3 is 0 Å². The van der Waals surface area contributed by atoms with Crippen molar-refractivity contribution >= 4 is 23.4 Å². The van der Waals surface area contributed by atoms with Crippen molar-refractivity contribution in [2.45, 2.75) is 52.2 Å². The van der Waals surface area contributed by atoms with Gasteiger partial charge in [-0.15, -0.1) is 0 Å². The SMILES string of the molecule is CN1CCCn2c(-c3cc(Cl)ccc3F)nc(C(=O)N[C@H](C(=O)N3CC(F)(F)C3)C(C)(C)C)c2C1. The molecule has 0 radical (unpaired) electrons. The summed E-state index contributed by atoms with van der Waals surface area (Å²) < 4.78 is 43.3. The Morgan fingerprint density at radius 1 is 1.20 bits per heavy atom. The van der Waals surface area contributed by atoms with Crippen molar-refractivity contribution in [3.05, 3.63) is 40.4 Å². The fourth-order valence-electron chi connectivity index (χ4n) is 4.48. The van der Waals surface area contributed by atoms with Gasteiger partial charge in [-0.1, -0.05) is 32.4 Å². The second kappa shape index (κ2) is 9.13. The van der Waals surface area contributed by atoms with E-state index in [1.165, 1.54) is 18.2 Å². The quantitative estimate of drug-likeness (QED) is 0.678. The maximum Gasteiger partial charge on any atom is 0.282 e. The van der Waals surface area contributed by atoms with Crippen molar-refractivity contribution in [1.29, 1.82) is 0 Å². The fourth-order valence-corrected chi connectivity index (χ4v) is 4.65. The van der Waals surface area contributed by atoms with E-state index in [9.17, 15) is 22.8 Å². The molecule has 0 aliphatic carbocycles. The maximum atomic E-state index is 14.7. The molecule has 4 rings (SSSR count). The van der Waals surface area contributed by atoms with Crippen LogP contribution in [0.5, 0.6) is 0 Å². The van der Waals surface area contributed by atoms with Crippen molar-refractivity contribution in [3.63, 3.8) is 0 Å². The maximum absolute atomic E-state index is 14.7. The number of amides is 2. The molecule has 0 spiro atoms. The molecule has 2 aromatic rings. The molecule has 190 valence electrons. The highest BCUT2D eigenvalue weighted by atomic mass is 35.5. The number of halogens is 4. The first kappa shape index (κ1) is 25.5. The molecule has 0 unspecified atom stereocenters. The van der Waals surface area contributed by atoms with Crippen molar-refractivity contribution in [3.8, 4) is 11.4 Å². The van der Waals surface area contributed by atoms with Crippen molar-refractivity contribution in [1.82, 2.24) is 24.7 Å². The Bertz CT molecular complexity index is 1150. The normalized spacial score (nSPS) is 18.9. The number of nitrogens with zero attached hydrogens (tertiary/aromatic N) is 4. The van der Waals surface area contributed by atoms with Gasteiger partial charge < -0.3 is 19.7 Å². The van der Waals surface area contributed by atoms with Gasteiger partial charge in [0.05, 0.1) is 24.3 Å². The summed E-state index contributed by atoms with van der Waals surface area (Å²) in [7, 11) is 1.91. The standard InChI is InChI=1S/C24H29ClF3N5O2/c1-23(2,3)19(22(35)32-12-24(27,28)13-32)30-21(34)18-17-11-31(4)8-5-9-33(17)20(29-18)15-10-14(25)6-7-16(15)26/h6-7,10,19H,5,8-9,11-13H2,1-4H3,(H,30,34)/t19-/m1/s1. The van der Waals surface area contributed by atoms with Gasteiger partial charge in [0, 0.05) is 18.1 Å². The van der Waals surface area contributed by atoms with Gasteiger partial charge in [0.1, 0.15) is 17.7 Å². The van der Waals surface area contributed by atoms with Crippen LogP contribution in [0.2, 0.25) is 5.02 Å². The molecule has 1 aromatic heterocycles. The molecule has 1 atom stereocenters. The molecule has 1 aromatic carbocycles. The predicted octanol–water partition coefficient (Wildman–Crippen LogP) is 3.80. The number of rotatable bonds is 4. The van der Waals surface area contributed by atoms with Crippen LogP contribution in [0, 0.1) is 11.2 Å². The van der Waals surface area contributed by atoms with Crippen LogP contribution in [0.3, 0.4) is 0 Å². The Morgan fingerprint density at radius 2 is 1.89 bits per heavy atom. The minimum Gasteiger partial charge on any atom is -0.338 e.